The zero-order valence-electron chi connectivity index (χ0n) is 15.3. The molecular weight excluding hydrogens is 366 g/mol. The number of nitrogens with zero attached hydrogens (tertiary/aromatic N) is 1. The Labute approximate surface area is 158 Å². The third-order valence-electron chi connectivity index (χ3n) is 4.58. The first-order valence-corrected chi connectivity index (χ1v) is 10.3. The summed E-state index contributed by atoms with van der Waals surface area (Å²) in [5, 5.41) is 0. The maximum absolute atomic E-state index is 12.4. The Balaban J connectivity index is 1.68. The van der Waals surface area contributed by atoms with Crippen molar-refractivity contribution in [3.8, 4) is 0 Å². The van der Waals surface area contributed by atoms with Crippen LogP contribution in [0.25, 0.3) is 0 Å². The average Bonchev–Trinajstić information content (AvgIpc) is 3.10. The highest BCUT2D eigenvalue weighted by atomic mass is 32.2. The van der Waals surface area contributed by atoms with Crippen LogP contribution in [0.4, 0.5) is 5.69 Å². The largest absolute Gasteiger partial charge is 0.454 e. The summed E-state index contributed by atoms with van der Waals surface area (Å²) >= 11 is 0. The number of carbonyl (C=O) groups is 2. The molecule has 0 amide bonds. The highest BCUT2D eigenvalue weighted by Crippen LogP contribution is 2.31. The molecule has 6 nitrogen and oxygen atoms in total. The standard InChI is InChI=1S/C20H21NO5S/c1-3-27(24,25)21-11-10-16-12-17(8-9-18(16)21)19(22)13-26-20(23)15-6-4-14(2)5-7-15/h4-9,12H,3,10-11,13H2,1-2H3. The van der Waals surface area contributed by atoms with Crippen LogP contribution in [0.1, 0.15) is 38.8 Å². The molecule has 0 radical (unpaired) electrons. The van der Waals surface area contributed by atoms with Gasteiger partial charge in [-0.1, -0.05) is 17.7 Å². The van der Waals surface area contributed by atoms with E-state index in [4.69, 9.17) is 4.74 Å². The van der Waals surface area contributed by atoms with E-state index in [-0.39, 0.29) is 18.1 Å². The Kier molecular flexibility index (Phi) is 5.32. The zero-order chi connectivity index (χ0) is 19.6. The first kappa shape index (κ1) is 19.1. The Bertz CT molecular complexity index is 980. The number of rotatable bonds is 6. The number of hydrogen-bond donors (Lipinski definition) is 0. The molecule has 1 aliphatic rings. The van der Waals surface area contributed by atoms with Gasteiger partial charge < -0.3 is 4.74 Å². The van der Waals surface area contributed by atoms with Gasteiger partial charge in [0.25, 0.3) is 0 Å². The van der Waals surface area contributed by atoms with E-state index in [1.807, 2.05) is 6.92 Å². The number of esters is 1. The van der Waals surface area contributed by atoms with E-state index in [9.17, 15) is 18.0 Å². The summed E-state index contributed by atoms with van der Waals surface area (Å²) in [5.41, 5.74) is 3.25. The van der Waals surface area contributed by atoms with Crippen LogP contribution in [-0.2, 0) is 21.2 Å². The maximum atomic E-state index is 12.4. The second-order valence-electron chi connectivity index (χ2n) is 6.43. The molecule has 7 heteroatoms. The van der Waals surface area contributed by atoms with Crippen LogP contribution >= 0.6 is 0 Å². The quantitative estimate of drug-likeness (QED) is 0.562. The molecule has 0 N–H and O–H groups in total. The number of benzene rings is 2. The van der Waals surface area contributed by atoms with Gasteiger partial charge >= 0.3 is 5.97 Å². The minimum atomic E-state index is -3.32. The lowest BCUT2D eigenvalue weighted by atomic mass is 10.1. The van der Waals surface area contributed by atoms with E-state index in [0.29, 0.717) is 29.8 Å². The molecule has 142 valence electrons. The number of sulfonamides is 1. The highest BCUT2D eigenvalue weighted by molar-refractivity contribution is 7.92. The van der Waals surface area contributed by atoms with Gasteiger partial charge in [0.2, 0.25) is 10.0 Å². The number of ether oxygens (including phenoxy) is 1. The van der Waals surface area contributed by atoms with Crippen LogP contribution in [0.15, 0.2) is 42.5 Å². The number of carbonyl (C=O) groups excluding carboxylic acids is 2. The van der Waals surface area contributed by atoms with Gasteiger partial charge in [0.1, 0.15) is 0 Å². The molecule has 0 atom stereocenters. The summed E-state index contributed by atoms with van der Waals surface area (Å²) < 4.78 is 30.7. The lowest BCUT2D eigenvalue weighted by Crippen LogP contribution is -2.30. The van der Waals surface area contributed by atoms with Crippen molar-refractivity contribution in [3.05, 3.63) is 64.7 Å². The Morgan fingerprint density at radius 3 is 2.41 bits per heavy atom. The Hall–Kier alpha value is -2.67. The third-order valence-corrected chi connectivity index (χ3v) is 6.36. The van der Waals surface area contributed by atoms with Gasteiger partial charge in [-0.05, 0) is 56.2 Å². The van der Waals surface area contributed by atoms with Crippen LogP contribution in [-0.4, -0.2) is 39.1 Å². The van der Waals surface area contributed by atoms with Crippen LogP contribution < -0.4 is 4.31 Å². The summed E-state index contributed by atoms with van der Waals surface area (Å²) in [4.78, 5) is 24.4. The zero-order valence-corrected chi connectivity index (χ0v) is 16.1. The van der Waals surface area contributed by atoms with Gasteiger partial charge in [-0.2, -0.15) is 0 Å². The third kappa shape index (κ3) is 4.03. The molecule has 3 rings (SSSR count). The fourth-order valence-electron chi connectivity index (χ4n) is 2.98. The van der Waals surface area contributed by atoms with Crippen LogP contribution in [0.3, 0.4) is 0 Å². The van der Waals surface area contributed by atoms with E-state index in [1.54, 1.807) is 49.4 Å². The molecule has 27 heavy (non-hydrogen) atoms. The van der Waals surface area contributed by atoms with Crippen LogP contribution in [0.2, 0.25) is 0 Å². The van der Waals surface area contributed by atoms with Crippen molar-refractivity contribution >= 4 is 27.5 Å². The summed E-state index contributed by atoms with van der Waals surface area (Å²) in [6.07, 6.45) is 0.554. The molecule has 1 heterocycles. The molecule has 0 fully saturated rings. The van der Waals surface area contributed by atoms with E-state index in [1.165, 1.54) is 4.31 Å². The van der Waals surface area contributed by atoms with Crippen molar-refractivity contribution in [2.24, 2.45) is 0 Å². The predicted octanol–water partition coefficient (Wildman–Crippen LogP) is 2.75. The first-order valence-electron chi connectivity index (χ1n) is 8.72. The molecule has 0 unspecified atom stereocenters. The van der Waals surface area contributed by atoms with Crippen molar-refractivity contribution in [3.63, 3.8) is 0 Å². The van der Waals surface area contributed by atoms with Gasteiger partial charge in [-0.25, -0.2) is 13.2 Å². The van der Waals surface area contributed by atoms with Crippen molar-refractivity contribution in [1.29, 1.82) is 0 Å². The number of aryl methyl sites for hydroxylation is 1. The van der Waals surface area contributed by atoms with E-state index < -0.39 is 16.0 Å². The summed E-state index contributed by atoms with van der Waals surface area (Å²) in [6.45, 7) is 3.54. The van der Waals surface area contributed by atoms with Gasteiger partial charge in [0.15, 0.2) is 12.4 Å². The number of hydrogen-bond acceptors (Lipinski definition) is 5. The average molecular weight is 387 g/mol. The molecule has 0 aromatic heterocycles. The first-order chi connectivity index (χ1) is 12.8. The molecule has 0 spiro atoms. The van der Waals surface area contributed by atoms with E-state index in [2.05, 4.69) is 0 Å². The Morgan fingerprint density at radius 1 is 1.07 bits per heavy atom. The molecule has 0 aliphatic carbocycles. The van der Waals surface area contributed by atoms with Crippen molar-refractivity contribution < 1.29 is 22.7 Å². The number of ketones is 1. The van der Waals surface area contributed by atoms with Crippen molar-refractivity contribution in [2.45, 2.75) is 20.3 Å². The van der Waals surface area contributed by atoms with E-state index in [0.717, 1.165) is 11.1 Å². The normalized spacial score (nSPS) is 13.3. The number of Topliss-reactive ketones (excluding diaryl/α,β-unsaturated/α-hetero) is 1. The lowest BCUT2D eigenvalue weighted by molar-refractivity contribution is 0.0474. The lowest BCUT2D eigenvalue weighted by Gasteiger charge is -2.18. The van der Waals surface area contributed by atoms with Gasteiger partial charge in [-0.15, -0.1) is 0 Å². The molecule has 0 saturated heterocycles. The molecule has 1 aliphatic heterocycles. The summed E-state index contributed by atoms with van der Waals surface area (Å²) in [5.74, 6) is -0.845. The molecule has 2 aromatic carbocycles. The summed E-state index contributed by atoms with van der Waals surface area (Å²) in [7, 11) is -3.32. The molecule has 0 saturated carbocycles. The Morgan fingerprint density at radius 2 is 1.74 bits per heavy atom. The number of fused-ring (bicyclic) bond motifs is 1. The van der Waals surface area contributed by atoms with Gasteiger partial charge in [0, 0.05) is 12.1 Å². The fraction of sp³-hybridized carbons (Fsp3) is 0.300. The van der Waals surface area contributed by atoms with Crippen molar-refractivity contribution in [2.75, 3.05) is 23.2 Å². The minimum absolute atomic E-state index is 0.0298. The molecular formula is C20H21NO5S. The smallest absolute Gasteiger partial charge is 0.338 e. The maximum Gasteiger partial charge on any atom is 0.338 e. The minimum Gasteiger partial charge on any atom is -0.454 e. The van der Waals surface area contributed by atoms with Gasteiger partial charge in [0.05, 0.1) is 17.0 Å². The second-order valence-corrected chi connectivity index (χ2v) is 8.61. The van der Waals surface area contributed by atoms with Crippen molar-refractivity contribution in [1.82, 2.24) is 0 Å². The monoisotopic (exact) mass is 387 g/mol. The SMILES string of the molecule is CCS(=O)(=O)N1CCc2cc(C(=O)COC(=O)c3ccc(C)cc3)ccc21. The van der Waals surface area contributed by atoms with Crippen LogP contribution in [0.5, 0.6) is 0 Å². The highest BCUT2D eigenvalue weighted by Gasteiger charge is 2.28. The topological polar surface area (TPSA) is 80.8 Å². The predicted molar refractivity (Wildman–Crippen MR) is 103 cm³/mol. The second kappa shape index (κ2) is 7.52. The van der Waals surface area contributed by atoms with Crippen LogP contribution in [0, 0.1) is 6.92 Å². The van der Waals surface area contributed by atoms with Gasteiger partial charge in [-0.3, -0.25) is 9.10 Å². The van der Waals surface area contributed by atoms with E-state index >= 15 is 0 Å². The fourth-order valence-corrected chi connectivity index (χ4v) is 4.14. The molecule has 0 bridgehead atoms. The summed E-state index contributed by atoms with van der Waals surface area (Å²) in [6, 6.07) is 11.8. The molecule has 2 aromatic rings. The number of anilines is 1.